The van der Waals surface area contributed by atoms with Gasteiger partial charge in [0.25, 0.3) is 5.91 Å². The van der Waals surface area contributed by atoms with Gasteiger partial charge >= 0.3 is 0 Å². The summed E-state index contributed by atoms with van der Waals surface area (Å²) < 4.78 is 12.9. The fourth-order valence-corrected chi connectivity index (χ4v) is 5.75. The van der Waals surface area contributed by atoms with Crippen LogP contribution in [-0.2, 0) is 11.4 Å². The highest BCUT2D eigenvalue weighted by Gasteiger charge is 2.33. The summed E-state index contributed by atoms with van der Waals surface area (Å²) in [6.07, 6.45) is 2.70. The summed E-state index contributed by atoms with van der Waals surface area (Å²) >= 11 is 15.9. The van der Waals surface area contributed by atoms with Crippen LogP contribution >= 0.6 is 57.6 Å². The maximum atomic E-state index is 13.3. The lowest BCUT2D eigenvalue weighted by Crippen LogP contribution is -2.29. The number of carbonyl (C=O) groups excluding carboxylic acids is 1. The number of hydrogen-bond acceptors (Lipinski definition) is 5. The Morgan fingerprint density at radius 2 is 1.81 bits per heavy atom. The number of amidine groups is 1. The van der Waals surface area contributed by atoms with Gasteiger partial charge in [-0.25, -0.2) is 4.99 Å². The standard InChI is InChI=1S/C28H25Cl2IN2O3S/c1-3-13-33-27(34)25(37-28(33)32-21-11-9-20(29)10-12-21)16-18-14-23(31)26(24(15-18)35-4-2)36-17-19-7-5-6-8-22(19)30/h5-12,14-16H,3-4,13,17H2,1-2H3/b25-16-,32-28?. The molecule has 1 saturated heterocycles. The normalized spacial score (nSPS) is 15.6. The minimum Gasteiger partial charge on any atom is -0.490 e. The molecule has 0 N–H and O–H groups in total. The van der Waals surface area contributed by atoms with Gasteiger partial charge in [0.2, 0.25) is 0 Å². The number of benzene rings is 3. The largest absolute Gasteiger partial charge is 0.490 e. The van der Waals surface area contributed by atoms with E-state index in [2.05, 4.69) is 22.6 Å². The van der Waals surface area contributed by atoms with Crippen molar-refractivity contribution >= 4 is 80.4 Å². The van der Waals surface area contributed by atoms with Crippen molar-refractivity contribution in [2.24, 2.45) is 4.99 Å². The van der Waals surface area contributed by atoms with E-state index in [4.69, 9.17) is 37.7 Å². The number of nitrogens with zero attached hydrogens (tertiary/aromatic N) is 2. The summed E-state index contributed by atoms with van der Waals surface area (Å²) in [5, 5.41) is 1.95. The number of amides is 1. The zero-order chi connectivity index (χ0) is 26.4. The molecule has 192 valence electrons. The second-order valence-electron chi connectivity index (χ2n) is 8.08. The molecule has 0 aliphatic carbocycles. The van der Waals surface area contributed by atoms with Crippen LogP contribution in [0.15, 0.2) is 70.6 Å². The van der Waals surface area contributed by atoms with E-state index < -0.39 is 0 Å². The molecule has 3 aromatic rings. The Kier molecular flexibility index (Phi) is 9.81. The number of thioether (sulfide) groups is 1. The number of hydrogen-bond donors (Lipinski definition) is 0. The fourth-order valence-electron chi connectivity index (χ4n) is 3.63. The monoisotopic (exact) mass is 666 g/mol. The summed E-state index contributed by atoms with van der Waals surface area (Å²) in [5.41, 5.74) is 2.48. The SMILES string of the molecule is CCCN1C(=O)/C(=C/c2cc(I)c(OCc3ccccc3Cl)c(OCC)c2)SC1=Nc1ccc(Cl)cc1. The van der Waals surface area contributed by atoms with Crippen LogP contribution in [-0.4, -0.2) is 29.1 Å². The fraction of sp³-hybridized carbons (Fsp3) is 0.214. The van der Waals surface area contributed by atoms with Crippen LogP contribution < -0.4 is 9.47 Å². The zero-order valence-electron chi connectivity index (χ0n) is 20.3. The van der Waals surface area contributed by atoms with Crippen LogP contribution in [0.5, 0.6) is 11.5 Å². The van der Waals surface area contributed by atoms with Gasteiger partial charge in [-0.15, -0.1) is 0 Å². The first-order chi connectivity index (χ1) is 17.9. The maximum absolute atomic E-state index is 13.3. The molecule has 0 bridgehead atoms. The van der Waals surface area contributed by atoms with Crippen molar-refractivity contribution in [3.8, 4) is 11.5 Å². The Labute approximate surface area is 245 Å². The summed E-state index contributed by atoms with van der Waals surface area (Å²) in [6, 6.07) is 18.7. The minimum atomic E-state index is -0.0634. The quantitative estimate of drug-likeness (QED) is 0.170. The van der Waals surface area contributed by atoms with Crippen molar-refractivity contribution < 1.29 is 14.3 Å². The van der Waals surface area contributed by atoms with Gasteiger partial charge in [-0.1, -0.05) is 48.3 Å². The molecule has 0 radical (unpaired) electrons. The Morgan fingerprint density at radius 3 is 2.51 bits per heavy atom. The Morgan fingerprint density at radius 1 is 1.05 bits per heavy atom. The predicted molar refractivity (Wildman–Crippen MR) is 162 cm³/mol. The Balaban J connectivity index is 1.62. The molecule has 0 saturated carbocycles. The van der Waals surface area contributed by atoms with Crippen molar-refractivity contribution in [2.45, 2.75) is 26.9 Å². The average Bonchev–Trinajstić information content (AvgIpc) is 3.15. The van der Waals surface area contributed by atoms with Crippen molar-refractivity contribution in [1.29, 1.82) is 0 Å². The van der Waals surface area contributed by atoms with Gasteiger partial charge < -0.3 is 9.47 Å². The van der Waals surface area contributed by atoms with Crippen LogP contribution in [0.25, 0.3) is 6.08 Å². The summed E-state index contributed by atoms with van der Waals surface area (Å²) in [5.74, 6) is 1.20. The highest BCUT2D eigenvalue weighted by Crippen LogP contribution is 2.39. The number of aliphatic imine (C=N–C) groups is 1. The molecule has 0 aromatic heterocycles. The lowest BCUT2D eigenvalue weighted by molar-refractivity contribution is -0.122. The van der Waals surface area contributed by atoms with Crippen LogP contribution in [0.1, 0.15) is 31.4 Å². The average molecular weight is 667 g/mol. The molecular weight excluding hydrogens is 642 g/mol. The third-order valence-electron chi connectivity index (χ3n) is 5.35. The summed E-state index contributed by atoms with van der Waals surface area (Å²) in [4.78, 5) is 20.3. The van der Waals surface area contributed by atoms with E-state index in [0.717, 1.165) is 26.8 Å². The highest BCUT2D eigenvalue weighted by molar-refractivity contribution is 14.1. The van der Waals surface area contributed by atoms with E-state index in [9.17, 15) is 4.79 Å². The number of halogens is 3. The molecule has 1 heterocycles. The molecule has 1 amide bonds. The predicted octanol–water partition coefficient (Wildman–Crippen LogP) is 8.59. The van der Waals surface area contributed by atoms with Crippen LogP contribution in [0.4, 0.5) is 5.69 Å². The van der Waals surface area contributed by atoms with Crippen molar-refractivity contribution in [2.75, 3.05) is 13.2 Å². The number of ether oxygens (including phenoxy) is 2. The van der Waals surface area contributed by atoms with Crippen LogP contribution in [0.2, 0.25) is 10.0 Å². The molecule has 0 spiro atoms. The number of rotatable bonds is 9. The van der Waals surface area contributed by atoms with E-state index in [1.54, 1.807) is 17.0 Å². The topological polar surface area (TPSA) is 51.1 Å². The van der Waals surface area contributed by atoms with E-state index >= 15 is 0 Å². The highest BCUT2D eigenvalue weighted by atomic mass is 127. The molecule has 0 atom stereocenters. The lowest BCUT2D eigenvalue weighted by Gasteiger charge is -2.15. The summed E-state index contributed by atoms with van der Waals surface area (Å²) in [6.45, 7) is 5.35. The van der Waals surface area contributed by atoms with Crippen molar-refractivity contribution in [1.82, 2.24) is 4.90 Å². The first-order valence-electron chi connectivity index (χ1n) is 11.8. The van der Waals surface area contributed by atoms with E-state index in [1.807, 2.05) is 68.5 Å². The zero-order valence-corrected chi connectivity index (χ0v) is 24.8. The van der Waals surface area contributed by atoms with E-state index in [1.165, 1.54) is 11.8 Å². The molecule has 37 heavy (non-hydrogen) atoms. The third kappa shape index (κ3) is 7.02. The van der Waals surface area contributed by atoms with Crippen molar-refractivity contribution in [3.63, 3.8) is 0 Å². The molecule has 0 unspecified atom stereocenters. The van der Waals surface area contributed by atoms with Gasteiger partial charge in [0.15, 0.2) is 16.7 Å². The molecule has 1 fully saturated rings. The Bertz CT molecular complexity index is 1350. The molecule has 1 aliphatic rings. The van der Waals surface area contributed by atoms with Crippen molar-refractivity contribution in [3.05, 3.63) is 90.3 Å². The Hall–Kier alpha value is -2.20. The van der Waals surface area contributed by atoms with Gasteiger partial charge in [0.1, 0.15) is 6.61 Å². The van der Waals surface area contributed by atoms with Gasteiger partial charge in [0, 0.05) is 22.2 Å². The number of carbonyl (C=O) groups is 1. The third-order valence-corrected chi connectivity index (χ3v) is 7.77. The summed E-state index contributed by atoms with van der Waals surface area (Å²) in [7, 11) is 0. The van der Waals surface area contributed by atoms with Gasteiger partial charge in [-0.3, -0.25) is 9.69 Å². The molecule has 9 heteroatoms. The van der Waals surface area contributed by atoms with Gasteiger partial charge in [-0.2, -0.15) is 0 Å². The second kappa shape index (κ2) is 13.0. The first kappa shape index (κ1) is 27.8. The molecular formula is C28H25Cl2IN2O3S. The van der Waals surface area contributed by atoms with Crippen LogP contribution in [0.3, 0.4) is 0 Å². The first-order valence-corrected chi connectivity index (χ1v) is 14.4. The second-order valence-corrected chi connectivity index (χ2v) is 11.1. The smallest absolute Gasteiger partial charge is 0.266 e. The van der Waals surface area contributed by atoms with Gasteiger partial charge in [0.05, 0.1) is 20.8 Å². The van der Waals surface area contributed by atoms with E-state index in [-0.39, 0.29) is 5.91 Å². The van der Waals surface area contributed by atoms with E-state index in [0.29, 0.717) is 51.4 Å². The van der Waals surface area contributed by atoms with Gasteiger partial charge in [-0.05, 0) is 102 Å². The maximum Gasteiger partial charge on any atom is 0.266 e. The molecule has 4 rings (SSSR count). The minimum absolute atomic E-state index is 0.0634. The molecule has 3 aromatic carbocycles. The van der Waals surface area contributed by atoms with Crippen LogP contribution in [0, 0.1) is 3.57 Å². The molecule has 5 nitrogen and oxygen atoms in total. The molecule has 1 aliphatic heterocycles. The lowest BCUT2D eigenvalue weighted by atomic mass is 10.1.